The Morgan fingerprint density at radius 1 is 1.00 bits per heavy atom. The van der Waals surface area contributed by atoms with E-state index in [0.717, 1.165) is 11.3 Å². The lowest BCUT2D eigenvalue weighted by molar-refractivity contribution is 0.103. The highest BCUT2D eigenvalue weighted by atomic mass is 16.5. The van der Waals surface area contributed by atoms with Gasteiger partial charge in [0.25, 0.3) is 0 Å². The molecule has 0 N–H and O–H groups in total. The molecule has 0 amide bonds. The summed E-state index contributed by atoms with van der Waals surface area (Å²) in [5.74, 6) is 0.774. The molecular formula is C16H14O3. The van der Waals surface area contributed by atoms with Gasteiger partial charge < -0.3 is 9.47 Å². The molecule has 0 radical (unpaired) electrons. The van der Waals surface area contributed by atoms with Crippen LogP contribution in [0.3, 0.4) is 0 Å². The number of ketones is 1. The first-order valence-electron chi connectivity index (χ1n) is 6.16. The van der Waals surface area contributed by atoms with Gasteiger partial charge in [0, 0.05) is 11.1 Å². The molecule has 0 atom stereocenters. The molecule has 1 aliphatic rings. The highest BCUT2D eigenvalue weighted by Gasteiger charge is 2.15. The van der Waals surface area contributed by atoms with Gasteiger partial charge in [-0.1, -0.05) is 12.1 Å². The number of fused-ring (bicyclic) bond motifs is 1. The molecule has 3 heteroatoms. The predicted molar refractivity (Wildman–Crippen MR) is 71.4 cm³/mol. The Bertz CT molecular complexity index is 614. The number of ether oxygens (including phenoxy) is 2. The van der Waals surface area contributed by atoms with E-state index in [1.807, 2.05) is 18.2 Å². The first-order valence-corrected chi connectivity index (χ1v) is 6.16. The van der Waals surface area contributed by atoms with Crippen LogP contribution < -0.4 is 4.74 Å². The Morgan fingerprint density at radius 3 is 2.42 bits per heavy atom. The minimum Gasteiger partial charge on any atom is -0.497 e. The van der Waals surface area contributed by atoms with Crippen molar-refractivity contribution in [1.82, 2.24) is 0 Å². The first kappa shape index (κ1) is 11.9. The van der Waals surface area contributed by atoms with Crippen LogP contribution in [0.25, 0.3) is 0 Å². The van der Waals surface area contributed by atoms with Crippen molar-refractivity contribution in [3.8, 4) is 5.75 Å². The fourth-order valence-corrected chi connectivity index (χ4v) is 2.22. The van der Waals surface area contributed by atoms with E-state index in [1.165, 1.54) is 5.56 Å². The van der Waals surface area contributed by atoms with Crippen molar-refractivity contribution < 1.29 is 14.3 Å². The molecule has 2 aromatic carbocycles. The van der Waals surface area contributed by atoms with Gasteiger partial charge in [0.05, 0.1) is 20.3 Å². The number of rotatable bonds is 3. The number of hydrogen-bond donors (Lipinski definition) is 0. The highest BCUT2D eigenvalue weighted by Crippen LogP contribution is 2.22. The summed E-state index contributed by atoms with van der Waals surface area (Å²) < 4.78 is 10.4. The standard InChI is InChI=1S/C16H14O3/c1-18-15-6-4-11(5-7-15)16(17)12-2-3-13-9-19-10-14(13)8-12/h2-8H,9-10H2,1H3. The van der Waals surface area contributed by atoms with Crippen LogP contribution in [0.1, 0.15) is 27.0 Å². The fraction of sp³-hybridized carbons (Fsp3) is 0.188. The molecule has 2 aromatic rings. The summed E-state index contributed by atoms with van der Waals surface area (Å²) in [5, 5.41) is 0. The number of benzene rings is 2. The van der Waals surface area contributed by atoms with Crippen LogP contribution in [0.4, 0.5) is 0 Å². The van der Waals surface area contributed by atoms with Crippen LogP contribution >= 0.6 is 0 Å². The van der Waals surface area contributed by atoms with Crippen molar-refractivity contribution in [1.29, 1.82) is 0 Å². The van der Waals surface area contributed by atoms with Crippen LogP contribution in [0, 0.1) is 0 Å². The third-order valence-electron chi connectivity index (χ3n) is 3.34. The molecule has 0 saturated heterocycles. The van der Waals surface area contributed by atoms with Gasteiger partial charge in [0.1, 0.15) is 5.75 Å². The summed E-state index contributed by atoms with van der Waals surface area (Å²) >= 11 is 0. The van der Waals surface area contributed by atoms with Crippen molar-refractivity contribution in [2.45, 2.75) is 13.2 Å². The van der Waals surface area contributed by atoms with Gasteiger partial charge in [0.15, 0.2) is 5.78 Å². The molecule has 3 rings (SSSR count). The fourth-order valence-electron chi connectivity index (χ4n) is 2.22. The monoisotopic (exact) mass is 254 g/mol. The van der Waals surface area contributed by atoms with E-state index in [2.05, 4.69) is 0 Å². The molecule has 0 unspecified atom stereocenters. The van der Waals surface area contributed by atoms with Gasteiger partial charge in [-0.25, -0.2) is 0 Å². The van der Waals surface area contributed by atoms with E-state index in [-0.39, 0.29) is 5.78 Å². The van der Waals surface area contributed by atoms with Crippen molar-refractivity contribution in [2.75, 3.05) is 7.11 Å². The highest BCUT2D eigenvalue weighted by molar-refractivity contribution is 6.09. The molecule has 0 saturated carbocycles. The second kappa shape index (κ2) is 4.86. The smallest absolute Gasteiger partial charge is 0.193 e. The molecule has 1 heterocycles. The Balaban J connectivity index is 1.90. The largest absolute Gasteiger partial charge is 0.497 e. The summed E-state index contributed by atoms with van der Waals surface area (Å²) in [6, 6.07) is 12.9. The summed E-state index contributed by atoms with van der Waals surface area (Å²) in [4.78, 5) is 12.4. The molecule has 0 spiro atoms. The minimum atomic E-state index is 0.0253. The number of carbonyl (C=O) groups excluding carboxylic acids is 1. The molecule has 1 aliphatic heterocycles. The maximum atomic E-state index is 12.4. The van der Waals surface area contributed by atoms with Crippen LogP contribution in [-0.4, -0.2) is 12.9 Å². The SMILES string of the molecule is COc1ccc(C(=O)c2ccc3c(c2)COC3)cc1. The van der Waals surface area contributed by atoms with Gasteiger partial charge in [-0.2, -0.15) is 0 Å². The predicted octanol–water partition coefficient (Wildman–Crippen LogP) is 2.96. The van der Waals surface area contributed by atoms with Gasteiger partial charge >= 0.3 is 0 Å². The van der Waals surface area contributed by atoms with E-state index in [1.54, 1.807) is 31.4 Å². The lowest BCUT2D eigenvalue weighted by Gasteiger charge is -2.05. The summed E-state index contributed by atoms with van der Waals surface area (Å²) in [7, 11) is 1.61. The molecule has 96 valence electrons. The topological polar surface area (TPSA) is 35.5 Å². The number of carbonyl (C=O) groups is 1. The summed E-state index contributed by atoms with van der Waals surface area (Å²) in [6.45, 7) is 1.24. The van der Waals surface area contributed by atoms with Crippen LogP contribution in [0.2, 0.25) is 0 Å². The van der Waals surface area contributed by atoms with Gasteiger partial charge in [-0.3, -0.25) is 4.79 Å². The Hall–Kier alpha value is -2.13. The van der Waals surface area contributed by atoms with Gasteiger partial charge in [-0.05, 0) is 41.5 Å². The van der Waals surface area contributed by atoms with E-state index < -0.39 is 0 Å². The molecular weight excluding hydrogens is 240 g/mol. The average Bonchev–Trinajstić information content (AvgIpc) is 2.94. The second-order valence-electron chi connectivity index (χ2n) is 4.53. The van der Waals surface area contributed by atoms with E-state index in [4.69, 9.17) is 9.47 Å². The van der Waals surface area contributed by atoms with Crippen molar-refractivity contribution in [3.05, 3.63) is 64.7 Å². The van der Waals surface area contributed by atoms with Crippen LogP contribution in [0.5, 0.6) is 5.75 Å². The van der Waals surface area contributed by atoms with Crippen molar-refractivity contribution in [3.63, 3.8) is 0 Å². The molecule has 0 aromatic heterocycles. The Kier molecular flexibility index (Phi) is 3.05. The zero-order valence-corrected chi connectivity index (χ0v) is 10.7. The van der Waals surface area contributed by atoms with Gasteiger partial charge in [0.2, 0.25) is 0 Å². The van der Waals surface area contributed by atoms with Crippen LogP contribution in [0.15, 0.2) is 42.5 Å². The Morgan fingerprint density at radius 2 is 1.68 bits per heavy atom. The minimum absolute atomic E-state index is 0.0253. The lowest BCUT2D eigenvalue weighted by atomic mass is 9.99. The number of methoxy groups -OCH3 is 1. The summed E-state index contributed by atoms with van der Waals surface area (Å²) in [6.07, 6.45) is 0. The quantitative estimate of drug-likeness (QED) is 0.790. The molecule has 19 heavy (non-hydrogen) atoms. The molecule has 0 bridgehead atoms. The average molecular weight is 254 g/mol. The third-order valence-corrected chi connectivity index (χ3v) is 3.34. The normalized spacial score (nSPS) is 13.1. The zero-order chi connectivity index (χ0) is 13.2. The van der Waals surface area contributed by atoms with Gasteiger partial charge in [-0.15, -0.1) is 0 Å². The third kappa shape index (κ3) is 2.25. The maximum Gasteiger partial charge on any atom is 0.193 e. The molecule has 0 fully saturated rings. The van der Waals surface area contributed by atoms with Crippen molar-refractivity contribution in [2.24, 2.45) is 0 Å². The van der Waals surface area contributed by atoms with Crippen LogP contribution in [-0.2, 0) is 18.0 Å². The van der Waals surface area contributed by atoms with E-state index in [9.17, 15) is 4.79 Å². The summed E-state index contributed by atoms with van der Waals surface area (Å²) in [5.41, 5.74) is 3.65. The lowest BCUT2D eigenvalue weighted by Crippen LogP contribution is -2.02. The van der Waals surface area contributed by atoms with E-state index in [0.29, 0.717) is 24.3 Å². The number of hydrogen-bond acceptors (Lipinski definition) is 3. The second-order valence-corrected chi connectivity index (χ2v) is 4.53. The van der Waals surface area contributed by atoms with Crippen molar-refractivity contribution >= 4 is 5.78 Å². The first-order chi connectivity index (χ1) is 9.28. The van der Waals surface area contributed by atoms with E-state index >= 15 is 0 Å². The molecule has 3 nitrogen and oxygen atoms in total. The zero-order valence-electron chi connectivity index (χ0n) is 10.7. The Labute approximate surface area is 111 Å². The molecule has 0 aliphatic carbocycles. The maximum absolute atomic E-state index is 12.4.